The van der Waals surface area contributed by atoms with Crippen molar-refractivity contribution in [1.82, 2.24) is 10.2 Å². The molecule has 0 aromatic carbocycles. The zero-order valence-corrected chi connectivity index (χ0v) is 10.0. The standard InChI is InChI=1S/C11H22N2O3/c1-12-4-8-16-10-9-15-7-3-11(14)13-5-2-6-13/h12H,2-10H2,1H3. The molecule has 0 aromatic heterocycles. The van der Waals surface area contributed by atoms with Crippen LogP contribution >= 0.6 is 0 Å². The number of hydrogen-bond donors (Lipinski definition) is 1. The van der Waals surface area contributed by atoms with Gasteiger partial charge in [-0.2, -0.15) is 0 Å². The summed E-state index contributed by atoms with van der Waals surface area (Å²) in [5.41, 5.74) is 0. The van der Waals surface area contributed by atoms with Gasteiger partial charge < -0.3 is 19.7 Å². The van der Waals surface area contributed by atoms with Gasteiger partial charge in [0.05, 0.1) is 32.8 Å². The smallest absolute Gasteiger partial charge is 0.224 e. The Morgan fingerprint density at radius 2 is 1.88 bits per heavy atom. The van der Waals surface area contributed by atoms with E-state index in [-0.39, 0.29) is 5.91 Å². The van der Waals surface area contributed by atoms with Gasteiger partial charge in [-0.05, 0) is 13.5 Å². The van der Waals surface area contributed by atoms with E-state index in [4.69, 9.17) is 9.47 Å². The molecule has 16 heavy (non-hydrogen) atoms. The second kappa shape index (κ2) is 8.50. The molecule has 0 bridgehead atoms. The first kappa shape index (κ1) is 13.4. The monoisotopic (exact) mass is 230 g/mol. The number of ether oxygens (including phenoxy) is 2. The summed E-state index contributed by atoms with van der Waals surface area (Å²) in [6, 6.07) is 0. The van der Waals surface area contributed by atoms with Crippen LogP contribution in [0.25, 0.3) is 0 Å². The molecule has 0 spiro atoms. The molecule has 0 unspecified atom stereocenters. The lowest BCUT2D eigenvalue weighted by Crippen LogP contribution is -2.42. The fourth-order valence-electron chi connectivity index (χ4n) is 1.38. The summed E-state index contributed by atoms with van der Waals surface area (Å²) >= 11 is 0. The molecule has 0 aliphatic carbocycles. The second-order valence-corrected chi connectivity index (χ2v) is 3.81. The molecule has 1 amide bonds. The summed E-state index contributed by atoms with van der Waals surface area (Å²) in [4.78, 5) is 13.3. The van der Waals surface area contributed by atoms with Crippen LogP contribution in [0.15, 0.2) is 0 Å². The van der Waals surface area contributed by atoms with Gasteiger partial charge in [-0.25, -0.2) is 0 Å². The molecular weight excluding hydrogens is 208 g/mol. The van der Waals surface area contributed by atoms with Gasteiger partial charge in [-0.15, -0.1) is 0 Å². The zero-order valence-electron chi connectivity index (χ0n) is 10.0. The van der Waals surface area contributed by atoms with Crippen molar-refractivity contribution >= 4 is 5.91 Å². The third kappa shape index (κ3) is 5.44. The molecule has 1 fully saturated rings. The van der Waals surface area contributed by atoms with Crippen molar-refractivity contribution in [1.29, 1.82) is 0 Å². The predicted molar refractivity (Wildman–Crippen MR) is 61.4 cm³/mol. The molecule has 5 nitrogen and oxygen atoms in total. The molecule has 0 atom stereocenters. The first-order valence-corrected chi connectivity index (χ1v) is 5.92. The van der Waals surface area contributed by atoms with Gasteiger partial charge >= 0.3 is 0 Å². The average Bonchev–Trinajstić information content (AvgIpc) is 2.19. The molecule has 5 heteroatoms. The van der Waals surface area contributed by atoms with Gasteiger partial charge in [0.15, 0.2) is 0 Å². The van der Waals surface area contributed by atoms with Crippen molar-refractivity contribution in [2.45, 2.75) is 12.8 Å². The number of carbonyl (C=O) groups is 1. The van der Waals surface area contributed by atoms with Crippen LogP contribution in [0, 0.1) is 0 Å². The van der Waals surface area contributed by atoms with E-state index in [1.807, 2.05) is 11.9 Å². The number of rotatable bonds is 9. The summed E-state index contributed by atoms with van der Waals surface area (Å²) in [5.74, 6) is 0.211. The highest BCUT2D eigenvalue weighted by atomic mass is 16.5. The molecule has 1 aliphatic rings. The largest absolute Gasteiger partial charge is 0.379 e. The normalized spacial score (nSPS) is 14.9. The Kier molecular flexibility index (Phi) is 7.12. The van der Waals surface area contributed by atoms with Gasteiger partial charge in [0.2, 0.25) is 5.91 Å². The highest BCUT2D eigenvalue weighted by Crippen LogP contribution is 2.07. The Bertz CT molecular complexity index is 196. The third-order valence-corrected chi connectivity index (χ3v) is 2.54. The van der Waals surface area contributed by atoms with Crippen molar-refractivity contribution in [2.24, 2.45) is 0 Å². The number of amides is 1. The molecule has 0 aromatic rings. The molecule has 1 rings (SSSR count). The molecule has 94 valence electrons. The van der Waals surface area contributed by atoms with Crippen molar-refractivity contribution in [2.75, 3.05) is 53.1 Å². The molecule has 1 aliphatic heterocycles. The summed E-state index contributed by atoms with van der Waals surface area (Å²) in [7, 11) is 1.89. The van der Waals surface area contributed by atoms with Crippen LogP contribution in [0.4, 0.5) is 0 Å². The Hall–Kier alpha value is -0.650. The maximum Gasteiger partial charge on any atom is 0.224 e. The molecule has 0 saturated carbocycles. The van der Waals surface area contributed by atoms with Crippen LogP contribution in [-0.2, 0) is 14.3 Å². The quantitative estimate of drug-likeness (QED) is 0.560. The lowest BCUT2D eigenvalue weighted by atomic mass is 10.2. The third-order valence-electron chi connectivity index (χ3n) is 2.54. The van der Waals surface area contributed by atoms with E-state index >= 15 is 0 Å². The van der Waals surface area contributed by atoms with E-state index in [2.05, 4.69) is 5.32 Å². The first-order valence-electron chi connectivity index (χ1n) is 5.92. The van der Waals surface area contributed by atoms with Crippen LogP contribution in [0.3, 0.4) is 0 Å². The topological polar surface area (TPSA) is 50.8 Å². The van der Waals surface area contributed by atoms with E-state index in [0.717, 1.165) is 26.1 Å². The summed E-state index contributed by atoms with van der Waals surface area (Å²) in [6.45, 7) is 5.07. The first-order chi connectivity index (χ1) is 7.84. The molecule has 1 saturated heterocycles. The van der Waals surface area contributed by atoms with Gasteiger partial charge in [-0.3, -0.25) is 4.79 Å². The average molecular weight is 230 g/mol. The van der Waals surface area contributed by atoms with E-state index in [1.165, 1.54) is 0 Å². The van der Waals surface area contributed by atoms with Crippen molar-refractivity contribution in [3.8, 4) is 0 Å². The molecule has 1 heterocycles. The van der Waals surface area contributed by atoms with Crippen LogP contribution in [0.1, 0.15) is 12.8 Å². The zero-order chi connectivity index (χ0) is 11.6. The summed E-state index contributed by atoms with van der Waals surface area (Å²) < 4.78 is 10.6. The van der Waals surface area contributed by atoms with Crippen molar-refractivity contribution in [3.63, 3.8) is 0 Å². The lowest BCUT2D eigenvalue weighted by Gasteiger charge is -2.30. The lowest BCUT2D eigenvalue weighted by molar-refractivity contribution is -0.135. The fourth-order valence-corrected chi connectivity index (χ4v) is 1.38. The van der Waals surface area contributed by atoms with E-state index in [0.29, 0.717) is 32.8 Å². The number of likely N-dealkylation sites (tertiary alicyclic amines) is 1. The van der Waals surface area contributed by atoms with Crippen LogP contribution in [0.2, 0.25) is 0 Å². The Balaban J connectivity index is 1.79. The van der Waals surface area contributed by atoms with Crippen LogP contribution < -0.4 is 5.32 Å². The minimum atomic E-state index is 0.211. The SMILES string of the molecule is CNCCOCCOCCC(=O)N1CCC1. The van der Waals surface area contributed by atoms with Gasteiger partial charge in [0, 0.05) is 19.6 Å². The minimum absolute atomic E-state index is 0.211. The highest BCUT2D eigenvalue weighted by molar-refractivity contribution is 5.76. The van der Waals surface area contributed by atoms with Gasteiger partial charge in [0.25, 0.3) is 0 Å². The Morgan fingerprint density at radius 3 is 2.44 bits per heavy atom. The summed E-state index contributed by atoms with van der Waals surface area (Å²) in [5, 5.41) is 2.99. The van der Waals surface area contributed by atoms with Gasteiger partial charge in [0.1, 0.15) is 0 Å². The highest BCUT2D eigenvalue weighted by Gasteiger charge is 2.19. The Morgan fingerprint density at radius 1 is 1.19 bits per heavy atom. The van der Waals surface area contributed by atoms with E-state index in [9.17, 15) is 4.79 Å². The number of hydrogen-bond acceptors (Lipinski definition) is 4. The van der Waals surface area contributed by atoms with E-state index in [1.54, 1.807) is 0 Å². The van der Waals surface area contributed by atoms with Crippen molar-refractivity contribution in [3.05, 3.63) is 0 Å². The maximum atomic E-state index is 11.4. The second-order valence-electron chi connectivity index (χ2n) is 3.81. The molecule has 0 radical (unpaired) electrons. The summed E-state index contributed by atoms with van der Waals surface area (Å²) in [6.07, 6.45) is 1.64. The molecule has 1 N–H and O–H groups in total. The maximum absolute atomic E-state index is 11.4. The number of carbonyl (C=O) groups excluding carboxylic acids is 1. The Labute approximate surface area is 97.1 Å². The van der Waals surface area contributed by atoms with Gasteiger partial charge in [-0.1, -0.05) is 0 Å². The van der Waals surface area contributed by atoms with Crippen LogP contribution in [-0.4, -0.2) is 63.9 Å². The van der Waals surface area contributed by atoms with Crippen LogP contribution in [0.5, 0.6) is 0 Å². The minimum Gasteiger partial charge on any atom is -0.379 e. The number of nitrogens with zero attached hydrogens (tertiary/aromatic N) is 1. The van der Waals surface area contributed by atoms with E-state index < -0.39 is 0 Å². The predicted octanol–water partition coefficient (Wildman–Crippen LogP) is -0.139. The van der Waals surface area contributed by atoms with Crippen molar-refractivity contribution < 1.29 is 14.3 Å². The number of likely N-dealkylation sites (N-methyl/N-ethyl adjacent to an activating group) is 1. The molecular formula is C11H22N2O3. The number of nitrogens with one attached hydrogen (secondary N) is 1. The fraction of sp³-hybridized carbons (Fsp3) is 0.909.